The molecule has 0 radical (unpaired) electrons. The fourth-order valence-electron chi connectivity index (χ4n) is 8.29. The Balaban J connectivity index is 0.000000442. The normalized spacial score (nSPS) is 9.91. The predicted molar refractivity (Wildman–Crippen MR) is 447 cm³/mol. The zero-order chi connectivity index (χ0) is 94.5. The minimum atomic E-state index is -1.40. The van der Waals surface area contributed by atoms with E-state index in [1.165, 1.54) is 79.7 Å². The van der Waals surface area contributed by atoms with Gasteiger partial charge in [-0.1, -0.05) is 108 Å². The number of aromatic hydroxyl groups is 5. The Morgan fingerprint density at radius 1 is 0.256 bits per heavy atom. The van der Waals surface area contributed by atoms with Crippen LogP contribution in [-0.4, -0.2) is 124 Å². The molecular formula is C91H79ClO33. The number of carbonyl (C=O) groups is 15. The number of carboxylic acid groups (broad SMARTS) is 2. The number of aromatic carboxylic acids is 2. The molecule has 125 heavy (non-hydrogen) atoms. The summed E-state index contributed by atoms with van der Waals surface area (Å²) in [5.41, 5.74) is 2.06. The molecular weight excluding hydrogens is 1660 g/mol. The van der Waals surface area contributed by atoms with Gasteiger partial charge in [0.1, 0.15) is 23.0 Å². The molecule has 0 saturated carbocycles. The topological polar surface area (TPSA) is 499 Å². The Bertz CT molecular complexity index is 5360. The van der Waals surface area contributed by atoms with Gasteiger partial charge in [-0.15, -0.1) is 0 Å². The van der Waals surface area contributed by atoms with Crippen molar-refractivity contribution in [1.29, 1.82) is 0 Å². The van der Waals surface area contributed by atoms with Gasteiger partial charge in [-0.05, 0) is 193 Å². The van der Waals surface area contributed by atoms with Crippen LogP contribution in [-0.2, 0) is 52.7 Å². The number of carbonyl (C=O) groups excluding carboxylic acids is 13. The van der Waals surface area contributed by atoms with Gasteiger partial charge < -0.3 is 87.9 Å². The number of ether oxygens (including phenoxy) is 11. The lowest BCUT2D eigenvalue weighted by atomic mass is 10.1. The van der Waals surface area contributed by atoms with Crippen LogP contribution in [0, 0.1) is 0 Å². The molecule has 8 rings (SSSR count). The average molecular weight is 1740 g/mol. The molecule has 0 heterocycles. The van der Waals surface area contributed by atoms with Gasteiger partial charge in [0.15, 0.2) is 51.7 Å². The summed E-state index contributed by atoms with van der Waals surface area (Å²) in [4.78, 5) is 181. The summed E-state index contributed by atoms with van der Waals surface area (Å²) in [6, 6.07) is 33.7. The van der Waals surface area contributed by atoms with Crippen LogP contribution in [0.1, 0.15) is 111 Å². The summed E-state index contributed by atoms with van der Waals surface area (Å²) >= 11 is 4.87. The van der Waals surface area contributed by atoms with Crippen molar-refractivity contribution in [2.24, 2.45) is 0 Å². The Kier molecular flexibility index (Phi) is 36.9. The van der Waals surface area contributed by atoms with E-state index < -0.39 is 158 Å². The van der Waals surface area contributed by atoms with Crippen LogP contribution in [0.2, 0.25) is 0 Å². The highest BCUT2D eigenvalue weighted by Gasteiger charge is 2.31. The fourth-order valence-corrected chi connectivity index (χ4v) is 8.29. The fraction of sp³-hybridized carbons (Fsp3) is 0.110. The van der Waals surface area contributed by atoms with Crippen molar-refractivity contribution in [3.8, 4) is 114 Å². The van der Waals surface area contributed by atoms with Gasteiger partial charge in [-0.2, -0.15) is 0 Å². The van der Waals surface area contributed by atoms with Crippen molar-refractivity contribution in [2.75, 3.05) is 0 Å². The molecule has 0 atom stereocenters. The van der Waals surface area contributed by atoms with Crippen LogP contribution in [0.15, 0.2) is 255 Å². The summed E-state index contributed by atoms with van der Waals surface area (Å²) in [6.45, 7) is 44.3. The van der Waals surface area contributed by atoms with E-state index in [1.54, 1.807) is 55.5 Å². The summed E-state index contributed by atoms with van der Waals surface area (Å²) in [6.07, 6.45) is 0. The minimum absolute atomic E-state index is 0.00617. The van der Waals surface area contributed by atoms with Crippen molar-refractivity contribution >= 4 is 100 Å². The standard InChI is InChI=1S/C49H40O17.C19H18O8.C12H10O2.C7H6O5.C4H5ClO/c1-24(2)42(51)61-36-20-32(21-37(62-43(52)25(3)4)40(36)65-46(55)28(9)10)48(57)59-34-16-12-30(13-17-34)31-14-18-35(19-15-31)60-49(58)33-22-38(63-44(53)26(5)6)41(66-47(56)29(11)50)39(23-33)64-45(54)27(7)8;1-9(2)17(22)25-13-7-12(16(20)21)8-14(26-18(23)10(3)4)15(13)27-19(24)11(5)6;13-11-5-1-9(2-6-11)10-3-7-12(14)8-4-10;8-4-1-3(7(11)12)2-5(9)6(4)10;1-3(2)4(5)6/h12-23H,1,3,5,7,9H2,2,4,6,8,10-11H3;7-8H,1,3,5H2,2,4,6H3,(H,20,21);1-8,13-14H;1-2,8-10H,(H,11,12);1H2,2H3. The Labute approximate surface area is 717 Å². The third-order valence-electron chi connectivity index (χ3n) is 14.8. The van der Waals surface area contributed by atoms with Gasteiger partial charge in [-0.3, -0.25) is 9.59 Å². The quantitative estimate of drug-likeness (QED) is 0.00628. The van der Waals surface area contributed by atoms with Crippen LogP contribution in [0.3, 0.4) is 0 Å². The number of phenols is 5. The Morgan fingerprint density at radius 2 is 0.448 bits per heavy atom. The number of carboxylic acids is 2. The molecule has 0 amide bonds. The van der Waals surface area contributed by atoms with Gasteiger partial charge in [0.05, 0.1) is 22.3 Å². The number of benzene rings is 8. The van der Waals surface area contributed by atoms with E-state index in [1.807, 2.05) is 24.3 Å². The van der Waals surface area contributed by atoms with Crippen LogP contribution in [0.4, 0.5) is 0 Å². The molecule has 0 aliphatic carbocycles. The van der Waals surface area contributed by atoms with E-state index in [2.05, 4.69) is 59.2 Å². The molecule has 8 aromatic carbocycles. The smallest absolute Gasteiger partial charge is 0.379 e. The number of rotatable bonds is 27. The molecule has 0 unspecified atom stereocenters. The third-order valence-corrected chi connectivity index (χ3v) is 15.2. The molecule has 0 aliphatic rings. The molecule has 0 bridgehead atoms. The molecule has 648 valence electrons. The number of Topliss-reactive ketones (excluding diaryl/α,β-unsaturated/α-hetero) is 1. The number of ketones is 1. The number of hydrogen-bond donors (Lipinski definition) is 7. The molecule has 0 aliphatic heterocycles. The van der Waals surface area contributed by atoms with E-state index in [-0.39, 0.29) is 89.8 Å². The molecule has 7 N–H and O–H groups in total. The lowest BCUT2D eigenvalue weighted by molar-refractivity contribution is -0.146. The first-order chi connectivity index (χ1) is 58.3. The van der Waals surface area contributed by atoms with Crippen molar-refractivity contribution < 1.29 is 160 Å². The van der Waals surface area contributed by atoms with Crippen molar-refractivity contribution in [3.63, 3.8) is 0 Å². The second-order valence-corrected chi connectivity index (χ2v) is 26.5. The first kappa shape index (κ1) is 101. The number of halogens is 1. The second kappa shape index (κ2) is 45.9. The lowest BCUT2D eigenvalue weighted by Gasteiger charge is -2.16. The van der Waals surface area contributed by atoms with Crippen molar-refractivity contribution in [1.82, 2.24) is 0 Å². The molecule has 8 aromatic rings. The molecule has 0 spiro atoms. The summed E-state index contributed by atoms with van der Waals surface area (Å²) < 4.78 is 57.9. The molecule has 0 saturated heterocycles. The summed E-state index contributed by atoms with van der Waals surface area (Å²) in [5, 5.41) is 61.9. The monoisotopic (exact) mass is 1730 g/mol. The summed E-state index contributed by atoms with van der Waals surface area (Å²) in [5.74, 6) is -20.8. The van der Waals surface area contributed by atoms with E-state index >= 15 is 0 Å². The lowest BCUT2D eigenvalue weighted by Crippen LogP contribution is -2.20. The molecule has 0 fully saturated rings. The average Bonchev–Trinajstić information content (AvgIpc) is 0.798. The Morgan fingerprint density at radius 3 is 0.648 bits per heavy atom. The van der Waals surface area contributed by atoms with E-state index in [4.69, 9.17) is 94.3 Å². The first-order valence-electron chi connectivity index (χ1n) is 35.4. The van der Waals surface area contributed by atoms with E-state index in [0.717, 1.165) is 66.6 Å². The second-order valence-electron chi connectivity index (χ2n) is 26.2. The zero-order valence-electron chi connectivity index (χ0n) is 68.3. The van der Waals surface area contributed by atoms with Crippen LogP contribution in [0.5, 0.6) is 92.0 Å². The highest BCUT2D eigenvalue weighted by Crippen LogP contribution is 2.44. The minimum Gasteiger partial charge on any atom is -0.508 e. The highest BCUT2D eigenvalue weighted by atomic mass is 35.5. The highest BCUT2D eigenvalue weighted by molar-refractivity contribution is 6.67. The molecule has 33 nitrogen and oxygen atoms in total. The van der Waals surface area contributed by atoms with Crippen LogP contribution >= 0.6 is 11.6 Å². The van der Waals surface area contributed by atoms with Gasteiger partial charge in [-0.25, -0.2) is 62.3 Å². The summed E-state index contributed by atoms with van der Waals surface area (Å²) in [7, 11) is 0. The number of phenolic OH excluding ortho intramolecular Hbond substituents is 5. The van der Waals surface area contributed by atoms with Crippen LogP contribution < -0.4 is 52.1 Å². The van der Waals surface area contributed by atoms with Crippen LogP contribution in [0.25, 0.3) is 22.3 Å². The number of allylic oxidation sites excluding steroid dienone is 1. The first-order valence-corrected chi connectivity index (χ1v) is 35.8. The van der Waals surface area contributed by atoms with Gasteiger partial charge in [0.25, 0.3) is 0 Å². The number of hydrogen-bond acceptors (Lipinski definition) is 31. The molecule has 34 heteroatoms. The SMILES string of the molecule is C=C(C)C(=O)Cl.C=C(C)C(=O)Oc1cc(C(=O)O)cc(OC(=O)C(=C)C)c1OC(=O)C(=C)C.C=C(C)C(=O)Oc1cc(C(=O)Oc2ccc(-c3ccc(OC(=O)c4cc(OC(=O)C(=C)C)c(OC(=O)C(C)=O)c(OC(=O)C(=C)C)c4)cc3)cc2)cc(OC(=O)C(=C)C)c1OC(=O)C(=C)C.O=C(O)c1cc(O)c(O)c(O)c1.Oc1ccc(-c2ccc(O)cc2)cc1. The maximum atomic E-state index is 13.5. The van der Waals surface area contributed by atoms with Gasteiger partial charge in [0, 0.05) is 57.1 Å². The largest absolute Gasteiger partial charge is 0.508 e. The van der Waals surface area contributed by atoms with Crippen molar-refractivity contribution in [3.05, 3.63) is 277 Å². The maximum absolute atomic E-state index is 13.5. The maximum Gasteiger partial charge on any atom is 0.379 e. The van der Waals surface area contributed by atoms with Gasteiger partial charge in [0.2, 0.25) is 28.3 Å². The number of esters is 11. The van der Waals surface area contributed by atoms with E-state index in [9.17, 15) is 77.0 Å². The van der Waals surface area contributed by atoms with Crippen molar-refractivity contribution in [2.45, 2.75) is 69.2 Å². The van der Waals surface area contributed by atoms with Gasteiger partial charge >= 0.3 is 77.6 Å². The predicted octanol–water partition coefficient (Wildman–Crippen LogP) is 15.1. The Hall–Kier alpha value is -16.8. The molecule has 0 aromatic heterocycles. The third kappa shape index (κ3) is 31.1. The van der Waals surface area contributed by atoms with E-state index in [0.29, 0.717) is 16.7 Å². The zero-order valence-corrected chi connectivity index (χ0v) is 69.1.